The monoisotopic (exact) mass is 219 g/mol. The Morgan fingerprint density at radius 3 is 3.00 bits per heavy atom. The van der Waals surface area contributed by atoms with Crippen LogP contribution in [0, 0.1) is 12.8 Å². The maximum atomic E-state index is 11.9. The number of rotatable bonds is 2. The van der Waals surface area contributed by atoms with Crippen molar-refractivity contribution in [2.75, 3.05) is 10.6 Å². The highest BCUT2D eigenvalue weighted by Gasteiger charge is 2.29. The topological polar surface area (TPSA) is 54.0 Å². The number of fused-ring (bicyclic) bond motifs is 1. The van der Waals surface area contributed by atoms with Gasteiger partial charge in [0.25, 0.3) is 0 Å². The number of carbonyl (C=O) groups excluding carboxylic acids is 1. The zero-order valence-corrected chi connectivity index (χ0v) is 9.87. The van der Waals surface area contributed by atoms with Crippen LogP contribution in [0.2, 0.25) is 0 Å². The van der Waals surface area contributed by atoms with Crippen molar-refractivity contribution in [3.05, 3.63) is 17.8 Å². The standard InChI is InChI=1S/C12H17N3O/c1-4-8(3)10-12(16)14-9-5-7(2)6-13-11(9)15-10/h5-6,8,10H,4H2,1-3H3,(H,13,15)(H,14,16). The van der Waals surface area contributed by atoms with Crippen molar-refractivity contribution in [1.82, 2.24) is 4.98 Å². The Kier molecular flexibility index (Phi) is 2.81. The van der Waals surface area contributed by atoms with Gasteiger partial charge in [0.1, 0.15) is 11.9 Å². The molecule has 0 bridgehead atoms. The van der Waals surface area contributed by atoms with E-state index in [9.17, 15) is 4.79 Å². The average Bonchev–Trinajstić information content (AvgIpc) is 2.27. The van der Waals surface area contributed by atoms with E-state index in [4.69, 9.17) is 0 Å². The van der Waals surface area contributed by atoms with Crippen molar-refractivity contribution in [3.63, 3.8) is 0 Å². The number of nitrogens with one attached hydrogen (secondary N) is 2. The van der Waals surface area contributed by atoms with Crippen LogP contribution in [-0.4, -0.2) is 16.9 Å². The molecule has 1 aliphatic heterocycles. The third-order valence-corrected chi connectivity index (χ3v) is 3.07. The fourth-order valence-corrected chi connectivity index (χ4v) is 1.84. The van der Waals surface area contributed by atoms with Gasteiger partial charge in [-0.05, 0) is 24.5 Å². The Morgan fingerprint density at radius 1 is 1.56 bits per heavy atom. The van der Waals surface area contributed by atoms with E-state index in [-0.39, 0.29) is 11.9 Å². The molecular weight excluding hydrogens is 202 g/mol. The maximum Gasteiger partial charge on any atom is 0.247 e. The molecule has 0 spiro atoms. The molecule has 86 valence electrons. The second-order valence-corrected chi connectivity index (χ2v) is 4.41. The summed E-state index contributed by atoms with van der Waals surface area (Å²) in [6.45, 7) is 6.11. The number of pyridine rings is 1. The van der Waals surface area contributed by atoms with Crippen LogP contribution in [0.3, 0.4) is 0 Å². The minimum absolute atomic E-state index is 0.0363. The van der Waals surface area contributed by atoms with Gasteiger partial charge in [0.05, 0.1) is 5.69 Å². The molecule has 0 saturated heterocycles. The Bertz CT molecular complexity index is 417. The van der Waals surface area contributed by atoms with Gasteiger partial charge >= 0.3 is 0 Å². The molecule has 2 rings (SSSR count). The van der Waals surface area contributed by atoms with Crippen LogP contribution in [0.25, 0.3) is 0 Å². The summed E-state index contributed by atoms with van der Waals surface area (Å²) in [5.74, 6) is 1.11. The third kappa shape index (κ3) is 1.87. The van der Waals surface area contributed by atoms with Crippen LogP contribution in [-0.2, 0) is 4.79 Å². The molecule has 0 fully saturated rings. The first kappa shape index (κ1) is 10.9. The molecule has 2 unspecified atom stereocenters. The van der Waals surface area contributed by atoms with Gasteiger partial charge < -0.3 is 10.6 Å². The van der Waals surface area contributed by atoms with Crippen LogP contribution in [0.15, 0.2) is 12.3 Å². The lowest BCUT2D eigenvalue weighted by atomic mass is 9.97. The first-order valence-corrected chi connectivity index (χ1v) is 5.66. The number of nitrogens with zero attached hydrogens (tertiary/aromatic N) is 1. The van der Waals surface area contributed by atoms with Gasteiger partial charge in [-0.15, -0.1) is 0 Å². The molecule has 0 aliphatic carbocycles. The Hall–Kier alpha value is -1.58. The summed E-state index contributed by atoms with van der Waals surface area (Å²) in [7, 11) is 0. The minimum atomic E-state index is -0.173. The van der Waals surface area contributed by atoms with Crippen LogP contribution < -0.4 is 10.6 Å². The summed E-state index contributed by atoms with van der Waals surface area (Å²) < 4.78 is 0. The van der Waals surface area contributed by atoms with Crippen LogP contribution in [0.4, 0.5) is 11.5 Å². The summed E-state index contributed by atoms with van der Waals surface area (Å²) in [6.07, 6.45) is 2.77. The summed E-state index contributed by atoms with van der Waals surface area (Å²) in [5.41, 5.74) is 1.83. The lowest BCUT2D eigenvalue weighted by Crippen LogP contribution is -2.43. The number of carbonyl (C=O) groups is 1. The maximum absolute atomic E-state index is 11.9. The summed E-state index contributed by atoms with van der Waals surface area (Å²) in [4.78, 5) is 16.2. The highest BCUT2D eigenvalue weighted by molar-refractivity contribution is 6.02. The summed E-state index contributed by atoms with van der Waals surface area (Å²) in [5, 5.41) is 6.10. The van der Waals surface area contributed by atoms with E-state index in [2.05, 4.69) is 29.5 Å². The number of aromatic nitrogens is 1. The number of hydrogen-bond donors (Lipinski definition) is 2. The highest BCUT2D eigenvalue weighted by Crippen LogP contribution is 2.27. The highest BCUT2D eigenvalue weighted by atomic mass is 16.2. The number of hydrogen-bond acceptors (Lipinski definition) is 3. The van der Waals surface area contributed by atoms with E-state index >= 15 is 0 Å². The Labute approximate surface area is 95.5 Å². The zero-order chi connectivity index (χ0) is 11.7. The fraction of sp³-hybridized carbons (Fsp3) is 0.500. The van der Waals surface area contributed by atoms with Gasteiger partial charge in [-0.3, -0.25) is 4.79 Å². The molecular formula is C12H17N3O. The van der Waals surface area contributed by atoms with Gasteiger partial charge in [0.2, 0.25) is 5.91 Å². The predicted octanol–water partition coefficient (Wildman–Crippen LogP) is 2.17. The SMILES string of the molecule is CCC(C)C1Nc2ncc(C)cc2NC1=O. The van der Waals surface area contributed by atoms with Crippen molar-refractivity contribution in [2.24, 2.45) is 5.92 Å². The molecule has 2 heterocycles. The quantitative estimate of drug-likeness (QED) is 0.801. The normalized spacial score (nSPS) is 20.7. The molecule has 1 aliphatic rings. The van der Waals surface area contributed by atoms with E-state index in [0.29, 0.717) is 5.92 Å². The summed E-state index contributed by atoms with van der Waals surface area (Å²) in [6, 6.07) is 1.76. The molecule has 0 radical (unpaired) electrons. The number of amides is 1. The first-order chi connectivity index (χ1) is 7.61. The fourth-order valence-electron chi connectivity index (χ4n) is 1.84. The number of anilines is 2. The van der Waals surface area contributed by atoms with Crippen molar-refractivity contribution in [2.45, 2.75) is 33.2 Å². The minimum Gasteiger partial charge on any atom is -0.356 e. The van der Waals surface area contributed by atoms with Crippen molar-refractivity contribution < 1.29 is 4.79 Å². The second kappa shape index (κ2) is 4.12. The van der Waals surface area contributed by atoms with Gasteiger partial charge in [-0.1, -0.05) is 20.3 Å². The molecule has 1 aromatic heterocycles. The third-order valence-electron chi connectivity index (χ3n) is 3.07. The van der Waals surface area contributed by atoms with Crippen molar-refractivity contribution in [3.8, 4) is 0 Å². The predicted molar refractivity (Wildman–Crippen MR) is 64.5 cm³/mol. The smallest absolute Gasteiger partial charge is 0.247 e. The van der Waals surface area contributed by atoms with Gasteiger partial charge in [-0.25, -0.2) is 4.98 Å². The molecule has 1 aromatic rings. The summed E-state index contributed by atoms with van der Waals surface area (Å²) >= 11 is 0. The molecule has 0 saturated carbocycles. The van der Waals surface area contributed by atoms with Crippen LogP contribution in [0.1, 0.15) is 25.8 Å². The molecule has 16 heavy (non-hydrogen) atoms. The van der Waals surface area contributed by atoms with E-state index in [0.717, 1.165) is 23.5 Å². The van der Waals surface area contributed by atoms with E-state index < -0.39 is 0 Å². The Morgan fingerprint density at radius 2 is 2.31 bits per heavy atom. The zero-order valence-electron chi connectivity index (χ0n) is 9.87. The van der Waals surface area contributed by atoms with E-state index in [1.807, 2.05) is 13.0 Å². The molecule has 2 N–H and O–H groups in total. The molecule has 4 heteroatoms. The molecule has 4 nitrogen and oxygen atoms in total. The average molecular weight is 219 g/mol. The second-order valence-electron chi connectivity index (χ2n) is 4.41. The number of aryl methyl sites for hydroxylation is 1. The van der Waals surface area contributed by atoms with Crippen LogP contribution >= 0.6 is 0 Å². The lowest BCUT2D eigenvalue weighted by Gasteiger charge is -2.29. The van der Waals surface area contributed by atoms with Gasteiger partial charge in [-0.2, -0.15) is 0 Å². The molecule has 2 atom stereocenters. The first-order valence-electron chi connectivity index (χ1n) is 5.66. The lowest BCUT2D eigenvalue weighted by molar-refractivity contribution is -0.118. The Balaban J connectivity index is 2.28. The van der Waals surface area contributed by atoms with Crippen molar-refractivity contribution in [1.29, 1.82) is 0 Å². The van der Waals surface area contributed by atoms with E-state index in [1.165, 1.54) is 0 Å². The molecule has 0 aromatic carbocycles. The largest absolute Gasteiger partial charge is 0.356 e. The van der Waals surface area contributed by atoms with Crippen molar-refractivity contribution >= 4 is 17.4 Å². The van der Waals surface area contributed by atoms with Gasteiger partial charge in [0.15, 0.2) is 0 Å². The van der Waals surface area contributed by atoms with Gasteiger partial charge in [0, 0.05) is 6.20 Å². The van der Waals surface area contributed by atoms with Crippen LogP contribution in [0.5, 0.6) is 0 Å². The molecule has 1 amide bonds. The van der Waals surface area contributed by atoms with E-state index in [1.54, 1.807) is 6.20 Å².